The summed E-state index contributed by atoms with van der Waals surface area (Å²) in [5.74, 6) is -0.323. The number of hydrogen-bond acceptors (Lipinski definition) is 10. The summed E-state index contributed by atoms with van der Waals surface area (Å²) in [5, 5.41) is 12.8. The van der Waals surface area contributed by atoms with Crippen molar-refractivity contribution in [3.8, 4) is 0 Å². The second-order valence-electron chi connectivity index (χ2n) is 16.3. The Kier molecular flexibility index (Phi) is 10.7. The number of carbonyl (C=O) groups is 4. The van der Waals surface area contributed by atoms with Crippen LogP contribution in [0.3, 0.4) is 0 Å². The normalized spacial score (nSPS) is 26.8. The number of esters is 1. The molecular weight excluding hydrogens is 757 g/mol. The van der Waals surface area contributed by atoms with Crippen molar-refractivity contribution in [3.63, 3.8) is 0 Å². The largest absolute Gasteiger partial charge is 0.505 e. The number of ether oxygens (including phenoxy) is 1. The zero-order chi connectivity index (χ0) is 41.7. The van der Waals surface area contributed by atoms with Crippen LogP contribution in [0.5, 0.6) is 0 Å². The number of sulfonamides is 1. The fourth-order valence-electron chi connectivity index (χ4n) is 10.3. The van der Waals surface area contributed by atoms with Crippen LogP contribution >= 0.6 is 0 Å². The van der Waals surface area contributed by atoms with Crippen LogP contribution in [0.1, 0.15) is 82.8 Å². The third-order valence-electron chi connectivity index (χ3n) is 13.0. The van der Waals surface area contributed by atoms with E-state index in [-0.39, 0.29) is 51.3 Å². The maximum atomic E-state index is 13.2. The smallest absolute Gasteiger partial charge is 0.303 e. The van der Waals surface area contributed by atoms with Crippen LogP contribution in [0.15, 0.2) is 106 Å². The highest BCUT2D eigenvalue weighted by Crippen LogP contribution is 2.68. The number of benzene rings is 2. The first-order valence-electron chi connectivity index (χ1n) is 19.7. The van der Waals surface area contributed by atoms with Crippen molar-refractivity contribution in [1.29, 1.82) is 0 Å². The molecule has 12 nitrogen and oxygen atoms in total. The van der Waals surface area contributed by atoms with Crippen molar-refractivity contribution < 1.29 is 37.4 Å². The van der Waals surface area contributed by atoms with E-state index in [2.05, 4.69) is 46.4 Å². The van der Waals surface area contributed by atoms with E-state index in [9.17, 15) is 32.7 Å². The minimum absolute atomic E-state index is 0.0323. The highest BCUT2D eigenvalue weighted by Gasteiger charge is 2.67. The first kappa shape index (κ1) is 40.6. The van der Waals surface area contributed by atoms with E-state index in [1.54, 1.807) is 37.3 Å². The Balaban J connectivity index is 0.000000193. The van der Waals surface area contributed by atoms with E-state index in [0.29, 0.717) is 18.8 Å². The van der Waals surface area contributed by atoms with Crippen LogP contribution in [0.2, 0.25) is 0 Å². The number of nitrogens with zero attached hydrogens (tertiary/aromatic N) is 3. The van der Waals surface area contributed by atoms with E-state index in [1.807, 2.05) is 20.2 Å². The number of allylic oxidation sites excluding steroid dienone is 4. The van der Waals surface area contributed by atoms with E-state index in [4.69, 9.17) is 4.74 Å². The number of fused-ring (bicyclic) bond motifs is 5. The molecule has 58 heavy (non-hydrogen) atoms. The van der Waals surface area contributed by atoms with Crippen LogP contribution in [-0.4, -0.2) is 73.0 Å². The zero-order valence-corrected chi connectivity index (χ0v) is 34.6. The Hall–Kier alpha value is -5.56. The van der Waals surface area contributed by atoms with Crippen LogP contribution in [0.4, 0.5) is 11.5 Å². The molecule has 2 heterocycles. The molecule has 2 saturated carbocycles. The topological polar surface area (TPSA) is 163 Å². The standard InChI is InChI=1S/C30H37NO4.C15H13N3O4S/c1-18(32)30(35-19(2)33)15-14-27-25-12-8-21-16-23(34)11-13-24(21)28(25)26(17-29(27,30)3)20-6-9-22(10-7-20)31(4)5;1-18-13(15(20)17-12-8-4-5-9-16-12)14(19)10-6-2-3-7-11(10)23(18,21)22/h6-7,9-10,16,25-27H,8,11-15,17H2,1-5H3;2-9,19H,1H3,(H,16,17,20)/t25-,26+,27-,29-,30-;/m0./s1. The van der Waals surface area contributed by atoms with Gasteiger partial charge in [0.1, 0.15) is 5.82 Å². The lowest BCUT2D eigenvalue weighted by Crippen LogP contribution is -2.57. The van der Waals surface area contributed by atoms with Gasteiger partial charge in [-0.3, -0.25) is 23.5 Å². The Morgan fingerprint density at radius 2 is 1.67 bits per heavy atom. The van der Waals surface area contributed by atoms with Gasteiger partial charge < -0.3 is 20.1 Å². The van der Waals surface area contributed by atoms with Crippen LogP contribution in [0, 0.1) is 17.3 Å². The number of pyridine rings is 1. The Labute approximate surface area is 339 Å². The molecule has 4 aliphatic carbocycles. The number of likely N-dealkylation sites (N-methyl/N-ethyl adjacent to an activating group) is 1. The second-order valence-corrected chi connectivity index (χ2v) is 18.3. The van der Waals surface area contributed by atoms with Gasteiger partial charge in [-0.2, -0.15) is 0 Å². The highest BCUT2D eigenvalue weighted by molar-refractivity contribution is 7.89. The maximum Gasteiger partial charge on any atom is 0.303 e. The molecule has 0 unspecified atom stereocenters. The SMILES string of the molecule is CC(=O)O[C@]1(C(C)=O)CC[C@H]2[C@@H]3CCC4=CC(=O)CCC4=C3[C@@H](c3ccc(N(C)C)cc3)C[C@@]21C.CN1C(C(=O)Nc2ccccn2)=C(O)c2ccccc2S1(=O)=O. The predicted molar refractivity (Wildman–Crippen MR) is 220 cm³/mol. The average molecular weight is 807 g/mol. The third kappa shape index (κ3) is 6.82. The molecule has 0 bridgehead atoms. The van der Waals surface area contributed by atoms with Crippen molar-refractivity contribution >= 4 is 50.7 Å². The summed E-state index contributed by atoms with van der Waals surface area (Å²) in [6.45, 7) is 5.22. The highest BCUT2D eigenvalue weighted by atomic mass is 32.2. The molecule has 13 heteroatoms. The summed E-state index contributed by atoms with van der Waals surface area (Å²) < 4.78 is 31.8. The number of nitrogens with one attached hydrogen (secondary N) is 1. The van der Waals surface area contributed by atoms with Gasteiger partial charge in [-0.25, -0.2) is 13.4 Å². The zero-order valence-electron chi connectivity index (χ0n) is 33.7. The summed E-state index contributed by atoms with van der Waals surface area (Å²) in [7, 11) is 1.39. The van der Waals surface area contributed by atoms with Crippen molar-refractivity contribution in [3.05, 3.63) is 113 Å². The van der Waals surface area contributed by atoms with Gasteiger partial charge in [0.25, 0.3) is 15.9 Å². The molecule has 1 aromatic heterocycles. The number of hydrogen-bond donors (Lipinski definition) is 2. The monoisotopic (exact) mass is 806 g/mol. The summed E-state index contributed by atoms with van der Waals surface area (Å²) in [6.07, 6.45) is 8.90. The molecule has 8 rings (SSSR count). The van der Waals surface area contributed by atoms with Crippen LogP contribution in [0.25, 0.3) is 5.76 Å². The van der Waals surface area contributed by atoms with E-state index < -0.39 is 32.7 Å². The number of aromatic nitrogens is 1. The summed E-state index contributed by atoms with van der Waals surface area (Å²) in [4.78, 5) is 56.1. The van der Waals surface area contributed by atoms with Crippen molar-refractivity contribution in [2.45, 2.75) is 82.1 Å². The lowest BCUT2D eigenvalue weighted by molar-refractivity contribution is -0.182. The number of amides is 1. The van der Waals surface area contributed by atoms with Gasteiger partial charge in [0, 0.05) is 63.3 Å². The van der Waals surface area contributed by atoms with Gasteiger partial charge in [0.15, 0.2) is 28.6 Å². The molecule has 0 saturated heterocycles. The Morgan fingerprint density at radius 1 is 0.966 bits per heavy atom. The molecule has 3 aromatic rings. The van der Waals surface area contributed by atoms with E-state index in [1.165, 1.54) is 54.6 Å². The van der Waals surface area contributed by atoms with Crippen molar-refractivity contribution in [1.82, 2.24) is 9.29 Å². The third-order valence-corrected chi connectivity index (χ3v) is 14.8. The van der Waals surface area contributed by atoms with Gasteiger partial charge in [-0.15, -0.1) is 0 Å². The maximum absolute atomic E-state index is 13.2. The second kappa shape index (κ2) is 15.3. The lowest BCUT2D eigenvalue weighted by atomic mass is 9.50. The van der Waals surface area contributed by atoms with E-state index in [0.717, 1.165) is 42.1 Å². The first-order valence-corrected chi connectivity index (χ1v) is 21.1. The van der Waals surface area contributed by atoms with Crippen molar-refractivity contribution in [2.24, 2.45) is 17.3 Å². The molecule has 1 amide bonds. The average Bonchev–Trinajstić information content (AvgIpc) is 3.49. The number of aliphatic hydroxyl groups excluding tert-OH is 1. The number of ketones is 2. The minimum Gasteiger partial charge on any atom is -0.505 e. The number of carbonyl (C=O) groups excluding carboxylic acids is 4. The Morgan fingerprint density at radius 3 is 2.33 bits per heavy atom. The molecule has 5 atom stereocenters. The molecule has 0 spiro atoms. The van der Waals surface area contributed by atoms with Gasteiger partial charge in [0.05, 0.1) is 4.90 Å². The molecule has 2 N–H and O–H groups in total. The molecule has 2 fully saturated rings. The number of anilines is 2. The fraction of sp³-hybridized carbons (Fsp3) is 0.400. The Bertz CT molecular complexity index is 2390. The molecule has 2 aromatic carbocycles. The molecule has 1 aliphatic heterocycles. The summed E-state index contributed by atoms with van der Waals surface area (Å²) in [5.41, 5.74) is 4.72. The molecule has 5 aliphatic rings. The summed E-state index contributed by atoms with van der Waals surface area (Å²) >= 11 is 0. The van der Waals surface area contributed by atoms with Crippen LogP contribution in [-0.2, 0) is 33.9 Å². The van der Waals surface area contributed by atoms with Gasteiger partial charge >= 0.3 is 5.97 Å². The van der Waals surface area contributed by atoms with Gasteiger partial charge in [0.2, 0.25) is 0 Å². The van der Waals surface area contributed by atoms with E-state index >= 15 is 0 Å². The molecular formula is C45H50N4O8S. The fourth-order valence-corrected chi connectivity index (χ4v) is 11.7. The van der Waals surface area contributed by atoms with Crippen LogP contribution < -0.4 is 10.2 Å². The summed E-state index contributed by atoms with van der Waals surface area (Å²) in [6, 6.07) is 19.6. The number of aliphatic hydroxyl groups is 1. The lowest BCUT2D eigenvalue weighted by Gasteiger charge is -2.55. The van der Waals surface area contributed by atoms with Crippen molar-refractivity contribution in [2.75, 3.05) is 31.4 Å². The van der Waals surface area contributed by atoms with Gasteiger partial charge in [-0.1, -0.05) is 42.8 Å². The minimum atomic E-state index is -3.91. The number of rotatable bonds is 6. The first-order chi connectivity index (χ1) is 27.5. The quantitative estimate of drug-likeness (QED) is 0.245. The number of Topliss-reactive ketones (excluding diaryl/α,β-unsaturated/α-hetero) is 1. The predicted octanol–water partition coefficient (Wildman–Crippen LogP) is 7.12. The van der Waals surface area contributed by atoms with Gasteiger partial charge in [-0.05, 0) is 116 Å². The molecule has 304 valence electrons. The molecule has 0 radical (unpaired) electrons.